The molecule has 1 saturated heterocycles. The molecule has 110 valence electrons. The van der Waals surface area contributed by atoms with Gasteiger partial charge in [-0.05, 0) is 82.8 Å². The van der Waals surface area contributed by atoms with Crippen molar-refractivity contribution in [3.05, 3.63) is 0 Å². The molecule has 2 heteroatoms. The summed E-state index contributed by atoms with van der Waals surface area (Å²) in [4.78, 5) is 2.69. The normalized spacial score (nSPS) is 32.2. The van der Waals surface area contributed by atoms with Crippen molar-refractivity contribution in [3.8, 4) is 0 Å². The van der Waals surface area contributed by atoms with Gasteiger partial charge in [-0.3, -0.25) is 0 Å². The quantitative estimate of drug-likeness (QED) is 0.840. The molecule has 3 rings (SSSR count). The molecule has 3 fully saturated rings. The summed E-state index contributed by atoms with van der Waals surface area (Å²) in [6.07, 6.45) is 14.9. The smallest absolute Gasteiger partial charge is 0.00927 e. The molecule has 1 atom stereocenters. The maximum absolute atomic E-state index is 3.56. The number of piperidine rings is 1. The minimum Gasteiger partial charge on any atom is -0.316 e. The summed E-state index contributed by atoms with van der Waals surface area (Å²) in [5, 5.41) is 3.56. The monoisotopic (exact) mass is 264 g/mol. The maximum atomic E-state index is 3.56. The van der Waals surface area contributed by atoms with Gasteiger partial charge in [-0.1, -0.05) is 12.8 Å². The van der Waals surface area contributed by atoms with Crippen molar-refractivity contribution < 1.29 is 0 Å². The summed E-state index contributed by atoms with van der Waals surface area (Å²) in [5.74, 6) is 0.904. The second kappa shape index (κ2) is 6.13. The third-order valence-corrected chi connectivity index (χ3v) is 6.25. The summed E-state index contributed by atoms with van der Waals surface area (Å²) in [6, 6.07) is 0.883. The van der Waals surface area contributed by atoms with Gasteiger partial charge < -0.3 is 10.2 Å². The Morgan fingerprint density at radius 2 is 1.74 bits per heavy atom. The van der Waals surface area contributed by atoms with E-state index in [-0.39, 0.29) is 0 Å². The first kappa shape index (κ1) is 13.9. The Morgan fingerprint density at radius 1 is 1.00 bits per heavy atom. The molecule has 1 spiro atoms. The fourth-order valence-corrected chi connectivity index (χ4v) is 4.92. The van der Waals surface area contributed by atoms with Crippen LogP contribution in [0.3, 0.4) is 0 Å². The number of hydrogen-bond acceptors (Lipinski definition) is 2. The topological polar surface area (TPSA) is 15.3 Å². The zero-order valence-electron chi connectivity index (χ0n) is 12.8. The second-order valence-corrected chi connectivity index (χ2v) is 7.59. The van der Waals surface area contributed by atoms with Gasteiger partial charge in [0.15, 0.2) is 0 Å². The van der Waals surface area contributed by atoms with E-state index >= 15 is 0 Å². The molecule has 0 bridgehead atoms. The third kappa shape index (κ3) is 3.33. The Labute approximate surface area is 119 Å². The van der Waals surface area contributed by atoms with Crippen molar-refractivity contribution in [2.24, 2.45) is 11.3 Å². The lowest BCUT2D eigenvalue weighted by Gasteiger charge is -2.42. The predicted molar refractivity (Wildman–Crippen MR) is 81.4 cm³/mol. The molecule has 1 aliphatic heterocycles. The maximum Gasteiger partial charge on any atom is 0.00927 e. The number of hydrogen-bond donors (Lipinski definition) is 1. The molecule has 3 aliphatic rings. The van der Waals surface area contributed by atoms with Crippen molar-refractivity contribution in [3.63, 3.8) is 0 Å². The van der Waals surface area contributed by atoms with E-state index in [1.54, 1.807) is 0 Å². The van der Waals surface area contributed by atoms with Crippen molar-refractivity contribution >= 4 is 0 Å². The molecular formula is C17H32N2. The highest BCUT2D eigenvalue weighted by atomic mass is 15.1. The van der Waals surface area contributed by atoms with Crippen molar-refractivity contribution in [2.75, 3.05) is 26.7 Å². The van der Waals surface area contributed by atoms with Crippen LogP contribution in [-0.4, -0.2) is 37.6 Å². The lowest BCUT2D eigenvalue weighted by Crippen LogP contribution is -2.43. The number of nitrogens with one attached hydrogen (secondary N) is 1. The molecule has 0 aromatic carbocycles. The average Bonchev–Trinajstić information content (AvgIpc) is 2.89. The zero-order valence-corrected chi connectivity index (χ0v) is 12.8. The van der Waals surface area contributed by atoms with Gasteiger partial charge in [-0.15, -0.1) is 0 Å². The van der Waals surface area contributed by atoms with Crippen LogP contribution in [0.4, 0.5) is 0 Å². The zero-order chi connectivity index (χ0) is 13.1. The molecular weight excluding hydrogens is 232 g/mol. The van der Waals surface area contributed by atoms with Crippen LogP contribution in [-0.2, 0) is 0 Å². The highest BCUT2D eigenvalue weighted by Crippen LogP contribution is 2.49. The highest BCUT2D eigenvalue weighted by Gasteiger charge is 2.38. The largest absolute Gasteiger partial charge is 0.316 e. The Kier molecular flexibility index (Phi) is 4.48. The standard InChI is InChI=1S/C17H32N2/c1-19(14-15-5-4-12-18-13-15)16-6-10-17(11-7-16)8-2-3-9-17/h15-16,18H,2-14H2,1H3. The first-order valence-corrected chi connectivity index (χ1v) is 8.68. The molecule has 0 aromatic heterocycles. The summed E-state index contributed by atoms with van der Waals surface area (Å²) in [6.45, 7) is 3.82. The Hall–Kier alpha value is -0.0800. The average molecular weight is 264 g/mol. The Bertz CT molecular complexity index is 267. The summed E-state index contributed by atoms with van der Waals surface area (Å²) >= 11 is 0. The van der Waals surface area contributed by atoms with E-state index < -0.39 is 0 Å². The lowest BCUT2D eigenvalue weighted by atomic mass is 9.71. The molecule has 1 unspecified atom stereocenters. The van der Waals surface area contributed by atoms with Crippen LogP contribution in [0.5, 0.6) is 0 Å². The lowest BCUT2D eigenvalue weighted by molar-refractivity contribution is 0.0939. The molecule has 1 heterocycles. The predicted octanol–water partition coefficient (Wildman–Crippen LogP) is 3.42. The van der Waals surface area contributed by atoms with E-state index in [9.17, 15) is 0 Å². The highest BCUT2D eigenvalue weighted by molar-refractivity contribution is 4.91. The van der Waals surface area contributed by atoms with E-state index in [1.165, 1.54) is 83.8 Å². The van der Waals surface area contributed by atoms with Gasteiger partial charge in [0.05, 0.1) is 0 Å². The van der Waals surface area contributed by atoms with Crippen LogP contribution in [0.2, 0.25) is 0 Å². The van der Waals surface area contributed by atoms with Crippen molar-refractivity contribution in [1.82, 2.24) is 10.2 Å². The minimum atomic E-state index is 0.795. The van der Waals surface area contributed by atoms with E-state index in [2.05, 4.69) is 17.3 Å². The Balaban J connectivity index is 1.44. The summed E-state index contributed by atoms with van der Waals surface area (Å²) in [5.41, 5.74) is 0.795. The van der Waals surface area contributed by atoms with Gasteiger partial charge in [-0.25, -0.2) is 0 Å². The molecule has 0 amide bonds. The van der Waals surface area contributed by atoms with Crippen LogP contribution in [0, 0.1) is 11.3 Å². The van der Waals surface area contributed by atoms with Gasteiger partial charge in [-0.2, -0.15) is 0 Å². The number of nitrogens with zero attached hydrogens (tertiary/aromatic N) is 1. The van der Waals surface area contributed by atoms with Crippen LogP contribution in [0.25, 0.3) is 0 Å². The minimum absolute atomic E-state index is 0.795. The Morgan fingerprint density at radius 3 is 2.37 bits per heavy atom. The van der Waals surface area contributed by atoms with E-state index in [0.717, 1.165) is 17.4 Å². The molecule has 19 heavy (non-hydrogen) atoms. The molecule has 0 aromatic rings. The third-order valence-electron chi connectivity index (χ3n) is 6.25. The van der Waals surface area contributed by atoms with E-state index in [1.807, 2.05) is 0 Å². The summed E-state index contributed by atoms with van der Waals surface area (Å²) < 4.78 is 0. The molecule has 0 radical (unpaired) electrons. The first-order chi connectivity index (χ1) is 9.27. The van der Waals surface area contributed by atoms with Gasteiger partial charge in [0.1, 0.15) is 0 Å². The fraction of sp³-hybridized carbons (Fsp3) is 1.00. The van der Waals surface area contributed by atoms with Crippen LogP contribution < -0.4 is 5.32 Å². The van der Waals surface area contributed by atoms with Crippen LogP contribution >= 0.6 is 0 Å². The van der Waals surface area contributed by atoms with Crippen LogP contribution in [0.15, 0.2) is 0 Å². The molecule has 2 saturated carbocycles. The SMILES string of the molecule is CN(CC1CCCNC1)C1CCC2(CCCC2)CC1. The van der Waals surface area contributed by atoms with Crippen LogP contribution in [0.1, 0.15) is 64.2 Å². The molecule has 2 nitrogen and oxygen atoms in total. The van der Waals surface area contributed by atoms with Gasteiger partial charge >= 0.3 is 0 Å². The van der Waals surface area contributed by atoms with E-state index in [0.29, 0.717) is 0 Å². The van der Waals surface area contributed by atoms with Gasteiger partial charge in [0.25, 0.3) is 0 Å². The summed E-state index contributed by atoms with van der Waals surface area (Å²) in [7, 11) is 2.38. The van der Waals surface area contributed by atoms with Crippen molar-refractivity contribution in [1.29, 1.82) is 0 Å². The van der Waals surface area contributed by atoms with Gasteiger partial charge in [0.2, 0.25) is 0 Å². The van der Waals surface area contributed by atoms with Crippen molar-refractivity contribution in [2.45, 2.75) is 70.3 Å². The molecule has 2 aliphatic carbocycles. The number of rotatable bonds is 3. The second-order valence-electron chi connectivity index (χ2n) is 7.59. The fourth-order valence-electron chi connectivity index (χ4n) is 4.92. The molecule has 1 N–H and O–H groups in total. The first-order valence-electron chi connectivity index (χ1n) is 8.68. The van der Waals surface area contributed by atoms with Gasteiger partial charge in [0, 0.05) is 12.6 Å². The van der Waals surface area contributed by atoms with E-state index in [4.69, 9.17) is 0 Å².